The first-order valence-corrected chi connectivity index (χ1v) is 7.73. The highest BCUT2D eigenvalue weighted by Crippen LogP contribution is 2.15. The Bertz CT molecular complexity index is 578. The molecule has 1 unspecified atom stereocenters. The van der Waals surface area contributed by atoms with Crippen molar-refractivity contribution in [3.8, 4) is 0 Å². The third-order valence-electron chi connectivity index (χ3n) is 2.69. The van der Waals surface area contributed by atoms with Gasteiger partial charge in [0.25, 0.3) is 0 Å². The van der Waals surface area contributed by atoms with Gasteiger partial charge in [0.05, 0.1) is 5.75 Å². The van der Waals surface area contributed by atoms with E-state index in [1.54, 1.807) is 24.3 Å². The SMILES string of the molecule is CCC(C(=O)O)S(=O)(=O)Cc1ccc(C(N)=S)cc1. The number of carboxylic acids is 1. The van der Waals surface area contributed by atoms with E-state index in [0.29, 0.717) is 11.1 Å². The number of carbonyl (C=O) groups is 1. The van der Waals surface area contributed by atoms with Crippen LogP contribution in [-0.4, -0.2) is 29.7 Å². The topological polar surface area (TPSA) is 97.5 Å². The predicted molar refractivity (Wildman–Crippen MR) is 76.7 cm³/mol. The van der Waals surface area contributed by atoms with E-state index in [0.717, 1.165) is 0 Å². The molecule has 0 aliphatic rings. The van der Waals surface area contributed by atoms with E-state index >= 15 is 0 Å². The van der Waals surface area contributed by atoms with Gasteiger partial charge in [0, 0.05) is 5.56 Å². The van der Waals surface area contributed by atoms with Crippen molar-refractivity contribution in [1.82, 2.24) is 0 Å². The predicted octanol–water partition coefficient (Wildman–Crippen LogP) is 1.10. The van der Waals surface area contributed by atoms with Crippen molar-refractivity contribution in [2.75, 3.05) is 0 Å². The molecule has 0 aliphatic carbocycles. The Morgan fingerprint density at radius 2 is 1.89 bits per heavy atom. The molecule has 5 nitrogen and oxygen atoms in total. The van der Waals surface area contributed by atoms with Crippen molar-refractivity contribution in [3.05, 3.63) is 35.4 Å². The molecule has 0 aliphatic heterocycles. The van der Waals surface area contributed by atoms with E-state index in [1.165, 1.54) is 6.92 Å². The zero-order valence-corrected chi connectivity index (χ0v) is 12.0. The minimum absolute atomic E-state index is 0.0443. The average Bonchev–Trinajstić information content (AvgIpc) is 2.28. The summed E-state index contributed by atoms with van der Waals surface area (Å²) in [6.45, 7) is 1.53. The summed E-state index contributed by atoms with van der Waals surface area (Å²) in [7, 11) is -3.72. The summed E-state index contributed by atoms with van der Waals surface area (Å²) < 4.78 is 23.9. The molecule has 3 N–H and O–H groups in total. The molecule has 1 aromatic carbocycles. The van der Waals surface area contributed by atoms with Crippen LogP contribution < -0.4 is 5.73 Å². The molecule has 0 aromatic heterocycles. The fourth-order valence-corrected chi connectivity index (χ4v) is 3.49. The van der Waals surface area contributed by atoms with Gasteiger partial charge in [-0.1, -0.05) is 43.4 Å². The second-order valence-electron chi connectivity index (χ2n) is 4.10. The molecule has 0 fully saturated rings. The Kier molecular flexibility index (Phi) is 5.02. The Labute approximate surface area is 117 Å². The van der Waals surface area contributed by atoms with Crippen molar-refractivity contribution in [2.24, 2.45) is 5.73 Å². The van der Waals surface area contributed by atoms with Gasteiger partial charge < -0.3 is 10.8 Å². The number of aliphatic carboxylic acids is 1. The molecule has 0 heterocycles. The van der Waals surface area contributed by atoms with Gasteiger partial charge in [-0.25, -0.2) is 8.42 Å². The first kappa shape index (κ1) is 15.6. The first-order valence-electron chi connectivity index (χ1n) is 5.61. The second kappa shape index (κ2) is 6.12. The summed E-state index contributed by atoms with van der Waals surface area (Å²) in [5, 5.41) is 7.52. The molecule has 0 radical (unpaired) electrons. The largest absolute Gasteiger partial charge is 0.480 e. The molecule has 0 amide bonds. The van der Waals surface area contributed by atoms with Crippen molar-refractivity contribution >= 4 is 33.0 Å². The van der Waals surface area contributed by atoms with Crippen LogP contribution in [0.5, 0.6) is 0 Å². The molecule has 104 valence electrons. The molecular weight excluding hydrogens is 286 g/mol. The van der Waals surface area contributed by atoms with Crippen LogP contribution in [0.15, 0.2) is 24.3 Å². The number of sulfone groups is 1. The Balaban J connectivity index is 2.95. The fraction of sp³-hybridized carbons (Fsp3) is 0.333. The van der Waals surface area contributed by atoms with Crippen LogP contribution in [0.2, 0.25) is 0 Å². The molecule has 19 heavy (non-hydrogen) atoms. The summed E-state index contributed by atoms with van der Waals surface area (Å²) in [6, 6.07) is 6.41. The van der Waals surface area contributed by atoms with Gasteiger partial charge in [-0.3, -0.25) is 4.79 Å². The lowest BCUT2D eigenvalue weighted by Crippen LogP contribution is -2.30. The minimum Gasteiger partial charge on any atom is -0.480 e. The van der Waals surface area contributed by atoms with E-state index in [9.17, 15) is 13.2 Å². The van der Waals surface area contributed by atoms with E-state index in [-0.39, 0.29) is 17.2 Å². The number of thiocarbonyl (C=S) groups is 1. The third-order valence-corrected chi connectivity index (χ3v) is 5.06. The zero-order valence-electron chi connectivity index (χ0n) is 10.4. The number of hydrogen-bond acceptors (Lipinski definition) is 4. The molecule has 0 saturated heterocycles. The van der Waals surface area contributed by atoms with E-state index in [1.807, 2.05) is 0 Å². The molecular formula is C12H15NO4S2. The van der Waals surface area contributed by atoms with Crippen LogP contribution in [0.4, 0.5) is 0 Å². The maximum absolute atomic E-state index is 12.0. The number of benzene rings is 1. The van der Waals surface area contributed by atoms with Crippen molar-refractivity contribution in [1.29, 1.82) is 0 Å². The lowest BCUT2D eigenvalue weighted by molar-refractivity contribution is -0.136. The quantitative estimate of drug-likeness (QED) is 0.764. The maximum atomic E-state index is 12.0. The highest BCUT2D eigenvalue weighted by atomic mass is 32.2. The van der Waals surface area contributed by atoms with Crippen LogP contribution in [0.25, 0.3) is 0 Å². The summed E-state index contributed by atoms with van der Waals surface area (Å²) in [4.78, 5) is 11.1. The Morgan fingerprint density at radius 3 is 2.26 bits per heavy atom. The van der Waals surface area contributed by atoms with Crippen molar-refractivity contribution < 1.29 is 18.3 Å². The molecule has 1 rings (SSSR count). The summed E-state index contributed by atoms with van der Waals surface area (Å²) in [5.41, 5.74) is 6.59. The van der Waals surface area contributed by atoms with Gasteiger partial charge in [0.15, 0.2) is 15.1 Å². The van der Waals surface area contributed by atoms with Crippen LogP contribution >= 0.6 is 12.2 Å². The lowest BCUT2D eigenvalue weighted by atomic mass is 10.1. The second-order valence-corrected chi connectivity index (χ2v) is 6.73. The lowest BCUT2D eigenvalue weighted by Gasteiger charge is -2.11. The van der Waals surface area contributed by atoms with E-state index in [2.05, 4.69) is 0 Å². The average molecular weight is 301 g/mol. The zero-order chi connectivity index (χ0) is 14.6. The van der Waals surface area contributed by atoms with Crippen LogP contribution in [0.1, 0.15) is 24.5 Å². The number of carboxylic acid groups (broad SMARTS) is 1. The minimum atomic E-state index is -3.72. The third kappa shape index (κ3) is 4.00. The fourth-order valence-electron chi connectivity index (χ4n) is 1.68. The number of hydrogen-bond donors (Lipinski definition) is 2. The Morgan fingerprint density at radius 1 is 1.37 bits per heavy atom. The smallest absolute Gasteiger partial charge is 0.321 e. The van der Waals surface area contributed by atoms with Crippen molar-refractivity contribution in [3.63, 3.8) is 0 Å². The first-order chi connectivity index (χ1) is 8.77. The van der Waals surface area contributed by atoms with Crippen LogP contribution in [-0.2, 0) is 20.4 Å². The van der Waals surface area contributed by atoms with Gasteiger partial charge in [-0.05, 0) is 12.0 Å². The van der Waals surface area contributed by atoms with E-state index in [4.69, 9.17) is 23.1 Å². The standard InChI is InChI=1S/C12H15NO4S2/c1-2-10(12(14)15)19(16,17)7-8-3-5-9(6-4-8)11(13)18/h3-6,10H,2,7H2,1H3,(H2,13,18)(H,14,15). The van der Waals surface area contributed by atoms with E-state index < -0.39 is 21.1 Å². The number of rotatable bonds is 6. The summed E-state index contributed by atoms with van der Waals surface area (Å²) >= 11 is 4.79. The number of nitrogens with two attached hydrogens (primary N) is 1. The molecule has 0 saturated carbocycles. The molecule has 7 heteroatoms. The van der Waals surface area contributed by atoms with Gasteiger partial charge in [-0.15, -0.1) is 0 Å². The van der Waals surface area contributed by atoms with Crippen molar-refractivity contribution in [2.45, 2.75) is 24.3 Å². The van der Waals surface area contributed by atoms with Crippen LogP contribution in [0, 0.1) is 0 Å². The monoisotopic (exact) mass is 301 g/mol. The summed E-state index contributed by atoms with van der Waals surface area (Å²) in [5.74, 6) is -1.63. The normalized spacial score (nSPS) is 12.9. The maximum Gasteiger partial charge on any atom is 0.321 e. The Hall–Kier alpha value is -1.47. The van der Waals surface area contributed by atoms with Gasteiger partial charge >= 0.3 is 5.97 Å². The van der Waals surface area contributed by atoms with Gasteiger partial charge in [-0.2, -0.15) is 0 Å². The molecule has 0 bridgehead atoms. The highest BCUT2D eigenvalue weighted by molar-refractivity contribution is 7.92. The van der Waals surface area contributed by atoms with Gasteiger partial charge in [0.1, 0.15) is 4.99 Å². The molecule has 1 atom stereocenters. The molecule has 0 spiro atoms. The van der Waals surface area contributed by atoms with Gasteiger partial charge in [0.2, 0.25) is 0 Å². The van der Waals surface area contributed by atoms with Crippen LogP contribution in [0.3, 0.4) is 0 Å². The summed E-state index contributed by atoms with van der Waals surface area (Å²) in [6.07, 6.45) is 0.0443. The highest BCUT2D eigenvalue weighted by Gasteiger charge is 2.30. The molecule has 1 aromatic rings.